The maximum absolute atomic E-state index is 11.8. The molecule has 98 valence electrons. The van der Waals surface area contributed by atoms with Crippen molar-refractivity contribution in [1.82, 2.24) is 4.90 Å². The van der Waals surface area contributed by atoms with Crippen LogP contribution in [0.15, 0.2) is 29.2 Å². The second-order valence-corrected chi connectivity index (χ2v) is 5.35. The highest BCUT2D eigenvalue weighted by Gasteiger charge is 2.20. The van der Waals surface area contributed by atoms with Crippen LogP contribution in [0.1, 0.15) is 18.4 Å². The van der Waals surface area contributed by atoms with Gasteiger partial charge in [0.05, 0.1) is 6.42 Å². The first-order chi connectivity index (χ1) is 8.63. The average Bonchev–Trinajstić information content (AvgIpc) is 2.35. The molecule has 0 saturated carbocycles. The molecule has 1 heterocycles. The van der Waals surface area contributed by atoms with Gasteiger partial charge < -0.3 is 9.64 Å². The molecule has 0 unspecified atom stereocenters. The van der Waals surface area contributed by atoms with Crippen molar-refractivity contribution < 1.29 is 9.53 Å². The fourth-order valence-corrected chi connectivity index (χ4v) is 2.26. The van der Waals surface area contributed by atoms with Crippen molar-refractivity contribution in [2.75, 3.05) is 20.1 Å². The minimum absolute atomic E-state index is 0.0952. The molecule has 1 fully saturated rings. The fourth-order valence-electron chi connectivity index (χ4n) is 2.11. The molecule has 1 aliphatic rings. The minimum atomic E-state index is -0.128. The molecular weight excluding hydrogens is 246 g/mol. The van der Waals surface area contributed by atoms with Gasteiger partial charge in [-0.2, -0.15) is 0 Å². The van der Waals surface area contributed by atoms with Crippen molar-refractivity contribution in [1.29, 1.82) is 0 Å². The smallest absolute Gasteiger partial charge is 0.310 e. The zero-order chi connectivity index (χ0) is 13.0. The van der Waals surface area contributed by atoms with Crippen LogP contribution in [0.2, 0.25) is 0 Å². The molecule has 3 nitrogen and oxygen atoms in total. The molecule has 0 atom stereocenters. The Morgan fingerprint density at radius 3 is 2.56 bits per heavy atom. The molecule has 0 spiro atoms. The van der Waals surface area contributed by atoms with Gasteiger partial charge in [0.25, 0.3) is 0 Å². The Labute approximate surface area is 114 Å². The van der Waals surface area contributed by atoms with Gasteiger partial charge in [0, 0.05) is 18.0 Å². The van der Waals surface area contributed by atoms with Crippen molar-refractivity contribution >= 4 is 18.6 Å². The summed E-state index contributed by atoms with van der Waals surface area (Å²) >= 11 is 4.22. The van der Waals surface area contributed by atoms with Gasteiger partial charge in [-0.05, 0) is 37.6 Å². The molecule has 1 saturated heterocycles. The zero-order valence-electron chi connectivity index (χ0n) is 10.6. The quantitative estimate of drug-likeness (QED) is 0.671. The number of hydrogen-bond acceptors (Lipinski definition) is 4. The number of piperidine rings is 1. The number of rotatable bonds is 3. The Balaban J connectivity index is 1.80. The lowest BCUT2D eigenvalue weighted by atomic mass is 10.1. The van der Waals surface area contributed by atoms with Crippen molar-refractivity contribution in [3.05, 3.63) is 29.8 Å². The third kappa shape index (κ3) is 4.03. The molecule has 2 rings (SSSR count). The number of likely N-dealkylation sites (tertiary alicyclic amines) is 1. The number of nitrogens with zero attached hydrogens (tertiary/aromatic N) is 1. The maximum atomic E-state index is 11.8. The first-order valence-corrected chi connectivity index (χ1v) is 6.74. The van der Waals surface area contributed by atoms with Gasteiger partial charge >= 0.3 is 5.97 Å². The monoisotopic (exact) mass is 265 g/mol. The van der Waals surface area contributed by atoms with E-state index in [4.69, 9.17) is 4.74 Å². The number of carbonyl (C=O) groups excluding carboxylic acids is 1. The Morgan fingerprint density at radius 2 is 1.94 bits per heavy atom. The molecule has 1 aliphatic heterocycles. The lowest BCUT2D eigenvalue weighted by Crippen LogP contribution is -2.35. The van der Waals surface area contributed by atoms with Crippen LogP contribution in [0.3, 0.4) is 0 Å². The molecule has 4 heteroatoms. The van der Waals surface area contributed by atoms with Crippen molar-refractivity contribution in [3.63, 3.8) is 0 Å². The Kier molecular flexibility index (Phi) is 4.66. The molecule has 0 bridgehead atoms. The normalized spacial score (nSPS) is 17.7. The first kappa shape index (κ1) is 13.4. The number of carbonyl (C=O) groups is 1. The molecule has 1 aromatic rings. The van der Waals surface area contributed by atoms with Crippen LogP contribution in [0.25, 0.3) is 0 Å². The van der Waals surface area contributed by atoms with Crippen molar-refractivity contribution in [2.45, 2.75) is 30.3 Å². The molecule has 0 N–H and O–H groups in total. The molecule has 0 radical (unpaired) electrons. The van der Waals surface area contributed by atoms with Gasteiger partial charge in [0.1, 0.15) is 6.10 Å². The first-order valence-electron chi connectivity index (χ1n) is 6.29. The van der Waals surface area contributed by atoms with Crippen LogP contribution in [0.5, 0.6) is 0 Å². The standard InChI is InChI=1S/C14H19NO2S/c1-15-8-6-12(7-9-15)17-14(16)10-11-2-4-13(18)5-3-11/h2-5,12,18H,6-10H2,1H3. The summed E-state index contributed by atoms with van der Waals surface area (Å²) in [6, 6.07) is 7.61. The van der Waals surface area contributed by atoms with Crippen LogP contribution < -0.4 is 0 Å². The second kappa shape index (κ2) is 6.25. The molecule has 1 aromatic carbocycles. The molecule has 0 amide bonds. The summed E-state index contributed by atoms with van der Waals surface area (Å²) in [5.41, 5.74) is 0.978. The van der Waals surface area contributed by atoms with E-state index in [0.29, 0.717) is 6.42 Å². The van der Waals surface area contributed by atoms with Crippen LogP contribution in [-0.4, -0.2) is 37.1 Å². The summed E-state index contributed by atoms with van der Waals surface area (Å²) in [4.78, 5) is 15.0. The highest BCUT2D eigenvalue weighted by Crippen LogP contribution is 2.14. The van der Waals surface area contributed by atoms with Gasteiger partial charge in [0.2, 0.25) is 0 Å². The Morgan fingerprint density at radius 1 is 1.33 bits per heavy atom. The Bertz CT molecular complexity index is 397. The predicted octanol–water partition coefficient (Wildman–Crippen LogP) is 2.16. The van der Waals surface area contributed by atoms with Crippen LogP contribution in [0, 0.1) is 0 Å². The third-order valence-electron chi connectivity index (χ3n) is 3.25. The summed E-state index contributed by atoms with van der Waals surface area (Å²) in [6.07, 6.45) is 2.33. The highest BCUT2D eigenvalue weighted by molar-refractivity contribution is 7.80. The van der Waals surface area contributed by atoms with Gasteiger partial charge in [-0.25, -0.2) is 0 Å². The van der Waals surface area contributed by atoms with E-state index in [2.05, 4.69) is 24.6 Å². The average molecular weight is 265 g/mol. The SMILES string of the molecule is CN1CCC(OC(=O)Cc2ccc(S)cc2)CC1. The Hall–Kier alpha value is -1.00. The zero-order valence-corrected chi connectivity index (χ0v) is 11.5. The van der Waals surface area contributed by atoms with Gasteiger partial charge in [-0.3, -0.25) is 4.79 Å². The van der Waals surface area contributed by atoms with E-state index in [1.165, 1.54) is 0 Å². The minimum Gasteiger partial charge on any atom is -0.462 e. The van der Waals surface area contributed by atoms with Crippen LogP contribution in [-0.2, 0) is 16.0 Å². The lowest BCUT2D eigenvalue weighted by Gasteiger charge is -2.28. The third-order valence-corrected chi connectivity index (χ3v) is 3.55. The van der Waals surface area contributed by atoms with Gasteiger partial charge in [-0.1, -0.05) is 12.1 Å². The predicted molar refractivity (Wildman–Crippen MR) is 74.0 cm³/mol. The molecule has 0 aliphatic carbocycles. The van der Waals surface area contributed by atoms with Crippen LogP contribution in [0.4, 0.5) is 0 Å². The summed E-state index contributed by atoms with van der Waals surface area (Å²) < 4.78 is 5.49. The van der Waals surface area contributed by atoms with E-state index < -0.39 is 0 Å². The highest BCUT2D eigenvalue weighted by atomic mass is 32.1. The molecular formula is C14H19NO2S. The largest absolute Gasteiger partial charge is 0.462 e. The number of ether oxygens (including phenoxy) is 1. The van der Waals surface area contributed by atoms with E-state index in [1.54, 1.807) is 0 Å². The summed E-state index contributed by atoms with van der Waals surface area (Å²) in [7, 11) is 2.09. The van der Waals surface area contributed by atoms with E-state index in [1.807, 2.05) is 24.3 Å². The number of hydrogen-bond donors (Lipinski definition) is 1. The van der Waals surface area contributed by atoms with Crippen molar-refractivity contribution in [3.8, 4) is 0 Å². The molecule has 18 heavy (non-hydrogen) atoms. The lowest BCUT2D eigenvalue weighted by molar-refractivity contribution is -0.150. The number of thiol groups is 1. The van der Waals surface area contributed by atoms with Crippen LogP contribution >= 0.6 is 12.6 Å². The second-order valence-electron chi connectivity index (χ2n) is 4.84. The van der Waals surface area contributed by atoms with Gasteiger partial charge in [-0.15, -0.1) is 12.6 Å². The number of esters is 1. The van der Waals surface area contributed by atoms with Gasteiger partial charge in [0.15, 0.2) is 0 Å². The van der Waals surface area contributed by atoms with E-state index >= 15 is 0 Å². The number of benzene rings is 1. The van der Waals surface area contributed by atoms with E-state index in [-0.39, 0.29) is 12.1 Å². The van der Waals surface area contributed by atoms with Crippen molar-refractivity contribution in [2.24, 2.45) is 0 Å². The molecule has 0 aromatic heterocycles. The maximum Gasteiger partial charge on any atom is 0.310 e. The van der Waals surface area contributed by atoms with E-state index in [9.17, 15) is 4.79 Å². The summed E-state index contributed by atoms with van der Waals surface area (Å²) in [6.45, 7) is 2.01. The summed E-state index contributed by atoms with van der Waals surface area (Å²) in [5.74, 6) is -0.128. The fraction of sp³-hybridized carbons (Fsp3) is 0.500. The van der Waals surface area contributed by atoms with E-state index in [0.717, 1.165) is 36.4 Å². The topological polar surface area (TPSA) is 29.5 Å². The summed E-state index contributed by atoms with van der Waals surface area (Å²) in [5, 5.41) is 0.